The highest BCUT2D eigenvalue weighted by molar-refractivity contribution is 5.94. The molecule has 4 rings (SSSR count). The zero-order chi connectivity index (χ0) is 25.2. The first kappa shape index (κ1) is 24.6. The van der Waals surface area contributed by atoms with E-state index in [9.17, 15) is 9.59 Å². The second kappa shape index (κ2) is 10.0. The Morgan fingerprint density at radius 1 is 1.23 bits per heavy atom. The molecule has 1 saturated heterocycles. The molecule has 184 valence electrons. The molecular formula is C27H32N4O4. The molecule has 1 unspecified atom stereocenters. The molecule has 0 aliphatic carbocycles. The number of benzene rings is 2. The number of carbonyl (C=O) groups is 2. The van der Waals surface area contributed by atoms with Gasteiger partial charge in [0.05, 0.1) is 5.52 Å². The van der Waals surface area contributed by atoms with Gasteiger partial charge in [-0.15, -0.1) is 0 Å². The summed E-state index contributed by atoms with van der Waals surface area (Å²) in [5.41, 5.74) is 10.6. The molecule has 1 aromatic heterocycles. The number of fused-ring (bicyclic) bond motifs is 1. The van der Waals surface area contributed by atoms with Crippen molar-refractivity contribution in [3.8, 4) is 5.75 Å². The van der Waals surface area contributed by atoms with E-state index in [0.29, 0.717) is 37.3 Å². The summed E-state index contributed by atoms with van der Waals surface area (Å²) in [5, 5.41) is 10.2. The van der Waals surface area contributed by atoms with Gasteiger partial charge < -0.3 is 15.4 Å². The van der Waals surface area contributed by atoms with Crippen molar-refractivity contribution < 1.29 is 19.5 Å². The van der Waals surface area contributed by atoms with Gasteiger partial charge in [-0.3, -0.25) is 19.8 Å². The van der Waals surface area contributed by atoms with Crippen LogP contribution in [0.1, 0.15) is 43.5 Å². The molecular weight excluding hydrogens is 444 g/mol. The Kier molecular flexibility index (Phi) is 7.05. The van der Waals surface area contributed by atoms with E-state index < -0.39 is 17.5 Å². The molecule has 35 heavy (non-hydrogen) atoms. The number of nitrogens with two attached hydrogens (primary N) is 1. The number of hydroxylamine groups is 1. The molecule has 8 heteroatoms. The van der Waals surface area contributed by atoms with Crippen molar-refractivity contribution in [3.05, 3.63) is 71.4 Å². The summed E-state index contributed by atoms with van der Waals surface area (Å²) in [6, 6.07) is 16.4. The third-order valence-corrected chi connectivity index (χ3v) is 6.57. The number of nitrogens with one attached hydrogen (secondary N) is 1. The number of carbonyl (C=O) groups excluding carboxylic acids is 2. The van der Waals surface area contributed by atoms with Gasteiger partial charge in [0, 0.05) is 23.2 Å². The lowest BCUT2D eigenvalue weighted by molar-refractivity contribution is -0.144. The van der Waals surface area contributed by atoms with E-state index in [0.717, 1.165) is 22.2 Å². The van der Waals surface area contributed by atoms with E-state index in [1.165, 1.54) is 4.90 Å². The molecule has 0 radical (unpaired) electrons. The first-order valence-corrected chi connectivity index (χ1v) is 11.9. The number of rotatable bonds is 8. The first-order chi connectivity index (χ1) is 16.7. The Labute approximate surface area is 205 Å². The second-order valence-electron chi connectivity index (χ2n) is 9.59. The Morgan fingerprint density at radius 2 is 1.94 bits per heavy atom. The maximum absolute atomic E-state index is 13.3. The highest BCUT2D eigenvalue weighted by Crippen LogP contribution is 2.34. The number of aromatic nitrogens is 1. The Bertz CT molecular complexity index is 1230. The van der Waals surface area contributed by atoms with Crippen molar-refractivity contribution in [3.63, 3.8) is 0 Å². The standard InChI is InChI=1S/C27H32N4O4/c1-17(2)14-24(25(32)30-34)31-13-12-27(28,26(31)33)20-8-10-21(11-9-20)35-16-19-15-18(3)29-23-7-5-4-6-22(19)23/h4-11,15,17,24,34H,12-14,16,28H2,1-3H3,(H,30,32)/t24?,27-/m1/s1. The highest BCUT2D eigenvalue weighted by Gasteiger charge is 2.48. The largest absolute Gasteiger partial charge is 0.489 e. The van der Waals surface area contributed by atoms with E-state index >= 15 is 0 Å². The fourth-order valence-electron chi connectivity index (χ4n) is 4.75. The minimum absolute atomic E-state index is 0.163. The quantitative estimate of drug-likeness (QED) is 0.339. The van der Waals surface area contributed by atoms with E-state index in [2.05, 4.69) is 4.98 Å². The van der Waals surface area contributed by atoms with Gasteiger partial charge in [-0.05, 0) is 55.5 Å². The van der Waals surface area contributed by atoms with Crippen LogP contribution in [-0.4, -0.2) is 39.5 Å². The minimum Gasteiger partial charge on any atom is -0.489 e. The molecule has 2 atom stereocenters. The minimum atomic E-state index is -1.23. The van der Waals surface area contributed by atoms with Gasteiger partial charge in [-0.2, -0.15) is 0 Å². The summed E-state index contributed by atoms with van der Waals surface area (Å²) >= 11 is 0. The van der Waals surface area contributed by atoms with Crippen LogP contribution in [0.15, 0.2) is 54.6 Å². The smallest absolute Gasteiger partial charge is 0.266 e. The average molecular weight is 477 g/mol. The first-order valence-electron chi connectivity index (χ1n) is 11.9. The molecule has 1 aliphatic rings. The number of nitrogens with zero attached hydrogens (tertiary/aromatic N) is 2. The summed E-state index contributed by atoms with van der Waals surface area (Å²) in [6.45, 7) is 6.61. The number of hydrogen-bond donors (Lipinski definition) is 3. The van der Waals surface area contributed by atoms with Crippen LogP contribution in [-0.2, 0) is 21.7 Å². The third kappa shape index (κ3) is 4.99. The molecule has 2 amide bonds. The monoisotopic (exact) mass is 476 g/mol. The lowest BCUT2D eigenvalue weighted by atomic mass is 9.89. The topological polar surface area (TPSA) is 118 Å². The zero-order valence-corrected chi connectivity index (χ0v) is 20.3. The molecule has 0 spiro atoms. The summed E-state index contributed by atoms with van der Waals surface area (Å²) in [7, 11) is 0. The van der Waals surface area contributed by atoms with Crippen molar-refractivity contribution in [2.45, 2.75) is 51.8 Å². The Hall–Kier alpha value is -3.49. The normalized spacial score (nSPS) is 18.8. The van der Waals surface area contributed by atoms with Crippen molar-refractivity contribution in [1.82, 2.24) is 15.4 Å². The van der Waals surface area contributed by atoms with Gasteiger partial charge in [-0.1, -0.05) is 44.2 Å². The molecule has 2 aromatic carbocycles. The molecule has 3 aromatic rings. The molecule has 8 nitrogen and oxygen atoms in total. The predicted octanol–water partition coefficient (Wildman–Crippen LogP) is 3.43. The highest BCUT2D eigenvalue weighted by atomic mass is 16.5. The van der Waals surface area contributed by atoms with E-state index in [4.69, 9.17) is 15.7 Å². The van der Waals surface area contributed by atoms with E-state index in [-0.39, 0.29) is 11.8 Å². The fraction of sp³-hybridized carbons (Fsp3) is 0.370. The van der Waals surface area contributed by atoms with Crippen molar-refractivity contribution in [2.24, 2.45) is 11.7 Å². The summed E-state index contributed by atoms with van der Waals surface area (Å²) in [4.78, 5) is 31.6. The van der Waals surface area contributed by atoms with Crippen LogP contribution in [0.3, 0.4) is 0 Å². The zero-order valence-electron chi connectivity index (χ0n) is 20.3. The lowest BCUT2D eigenvalue weighted by Gasteiger charge is -2.30. The lowest BCUT2D eigenvalue weighted by Crippen LogP contribution is -2.52. The molecule has 1 aliphatic heterocycles. The average Bonchev–Trinajstić information content (AvgIpc) is 3.15. The van der Waals surface area contributed by atoms with Gasteiger partial charge in [0.2, 0.25) is 5.91 Å². The van der Waals surface area contributed by atoms with Gasteiger partial charge in [0.25, 0.3) is 5.91 Å². The van der Waals surface area contributed by atoms with Crippen LogP contribution in [0, 0.1) is 12.8 Å². The van der Waals surface area contributed by atoms with Crippen molar-refractivity contribution in [1.29, 1.82) is 0 Å². The van der Waals surface area contributed by atoms with Gasteiger partial charge >= 0.3 is 0 Å². The van der Waals surface area contributed by atoms with Gasteiger partial charge in [0.1, 0.15) is 23.9 Å². The predicted molar refractivity (Wildman–Crippen MR) is 133 cm³/mol. The Balaban J connectivity index is 1.49. The maximum atomic E-state index is 13.3. The number of para-hydroxylation sites is 1. The van der Waals surface area contributed by atoms with Crippen molar-refractivity contribution >= 4 is 22.7 Å². The van der Waals surface area contributed by atoms with Gasteiger partial charge in [0.15, 0.2) is 0 Å². The van der Waals surface area contributed by atoms with E-state index in [1.54, 1.807) is 17.6 Å². The van der Waals surface area contributed by atoms with Crippen LogP contribution in [0.4, 0.5) is 0 Å². The number of amides is 2. The van der Waals surface area contributed by atoms with E-state index in [1.807, 2.05) is 63.2 Å². The second-order valence-corrected chi connectivity index (χ2v) is 9.59. The molecule has 0 bridgehead atoms. The van der Waals surface area contributed by atoms with Crippen molar-refractivity contribution in [2.75, 3.05) is 6.54 Å². The number of likely N-dealkylation sites (tertiary alicyclic amines) is 1. The molecule has 2 heterocycles. The summed E-state index contributed by atoms with van der Waals surface area (Å²) in [6.07, 6.45) is 0.811. The summed E-state index contributed by atoms with van der Waals surface area (Å²) in [5.74, 6) is -0.0933. The maximum Gasteiger partial charge on any atom is 0.266 e. The number of hydrogen-bond acceptors (Lipinski definition) is 6. The molecule has 0 saturated carbocycles. The van der Waals surface area contributed by atoms with Crippen LogP contribution in [0.2, 0.25) is 0 Å². The van der Waals surface area contributed by atoms with Gasteiger partial charge in [-0.25, -0.2) is 5.48 Å². The van der Waals surface area contributed by atoms with Crippen LogP contribution < -0.4 is 16.0 Å². The SMILES string of the molecule is Cc1cc(COc2ccc([C@]3(N)CCN(C(CC(C)C)C(=O)NO)C3=O)cc2)c2ccccc2n1. The number of aryl methyl sites for hydroxylation is 1. The fourth-order valence-corrected chi connectivity index (χ4v) is 4.75. The third-order valence-electron chi connectivity index (χ3n) is 6.57. The van der Waals surface area contributed by atoms with Crippen LogP contribution >= 0.6 is 0 Å². The number of pyridine rings is 1. The Morgan fingerprint density at radius 3 is 2.63 bits per heavy atom. The molecule has 1 fully saturated rings. The molecule has 4 N–H and O–H groups in total. The van der Waals surface area contributed by atoms with Crippen LogP contribution in [0.25, 0.3) is 10.9 Å². The van der Waals surface area contributed by atoms with Crippen LogP contribution in [0.5, 0.6) is 5.75 Å². The summed E-state index contributed by atoms with van der Waals surface area (Å²) < 4.78 is 6.04. The number of ether oxygens (including phenoxy) is 1.